The van der Waals surface area contributed by atoms with Crippen LogP contribution in [0.1, 0.15) is 19.8 Å². The normalized spacial score (nSPS) is 15.6. The van der Waals surface area contributed by atoms with Gasteiger partial charge in [-0.2, -0.15) is 0 Å². The summed E-state index contributed by atoms with van der Waals surface area (Å²) in [6, 6.07) is -0.390. The zero-order valence-electron chi connectivity index (χ0n) is 13.1. The van der Waals surface area contributed by atoms with Gasteiger partial charge >= 0.3 is 12.0 Å². The molecule has 122 valence electrons. The molecule has 7 nitrogen and oxygen atoms in total. The van der Waals surface area contributed by atoms with E-state index >= 15 is 0 Å². The predicted molar refractivity (Wildman–Crippen MR) is 77.2 cm³/mol. The molecule has 1 aliphatic carbocycles. The number of urea groups is 1. The number of hydrogen-bond acceptors (Lipinski definition) is 4. The van der Waals surface area contributed by atoms with Gasteiger partial charge in [-0.1, -0.05) is 0 Å². The predicted octanol–water partition coefficient (Wildman–Crippen LogP) is 0.886. The first-order valence-electron chi connectivity index (χ1n) is 7.24. The van der Waals surface area contributed by atoms with Crippen LogP contribution in [-0.4, -0.2) is 80.0 Å². The van der Waals surface area contributed by atoms with Gasteiger partial charge in [0.15, 0.2) is 0 Å². The van der Waals surface area contributed by atoms with E-state index in [1.807, 2.05) is 6.92 Å². The Bertz CT molecular complexity index is 346. The Labute approximate surface area is 125 Å². The van der Waals surface area contributed by atoms with Crippen molar-refractivity contribution in [2.24, 2.45) is 5.92 Å². The Morgan fingerprint density at radius 1 is 1.29 bits per heavy atom. The molecule has 1 rings (SSSR count). The zero-order chi connectivity index (χ0) is 15.8. The molecule has 0 saturated heterocycles. The summed E-state index contributed by atoms with van der Waals surface area (Å²) in [4.78, 5) is 26.7. The molecular weight excluding hydrogens is 276 g/mol. The topological polar surface area (TPSA) is 79.3 Å². The van der Waals surface area contributed by atoms with Gasteiger partial charge in [0.05, 0.1) is 19.3 Å². The van der Waals surface area contributed by atoms with Gasteiger partial charge in [0.2, 0.25) is 0 Å². The van der Waals surface area contributed by atoms with Gasteiger partial charge in [-0.3, -0.25) is 4.79 Å². The van der Waals surface area contributed by atoms with Crippen LogP contribution in [0.15, 0.2) is 0 Å². The molecule has 1 atom stereocenters. The molecule has 2 amide bonds. The van der Waals surface area contributed by atoms with E-state index in [1.54, 1.807) is 19.1 Å². The Morgan fingerprint density at radius 2 is 1.95 bits per heavy atom. The largest absolute Gasteiger partial charge is 0.480 e. The first-order chi connectivity index (χ1) is 9.99. The van der Waals surface area contributed by atoms with E-state index in [0.717, 1.165) is 12.8 Å². The lowest BCUT2D eigenvalue weighted by Crippen LogP contribution is -2.51. The molecule has 1 fully saturated rings. The van der Waals surface area contributed by atoms with Gasteiger partial charge in [0.25, 0.3) is 0 Å². The minimum atomic E-state index is -0.991. The molecule has 0 aromatic rings. The van der Waals surface area contributed by atoms with Gasteiger partial charge < -0.3 is 24.4 Å². The Kier molecular flexibility index (Phi) is 7.45. The van der Waals surface area contributed by atoms with Crippen molar-refractivity contribution in [3.8, 4) is 0 Å². The maximum Gasteiger partial charge on any atom is 0.323 e. The number of methoxy groups -OCH3 is 2. The van der Waals surface area contributed by atoms with E-state index in [-0.39, 0.29) is 18.6 Å². The number of ether oxygens (including phenoxy) is 2. The van der Waals surface area contributed by atoms with Crippen molar-refractivity contribution < 1.29 is 24.2 Å². The van der Waals surface area contributed by atoms with Crippen molar-refractivity contribution >= 4 is 12.0 Å². The van der Waals surface area contributed by atoms with Crippen LogP contribution >= 0.6 is 0 Å². The molecule has 0 aliphatic heterocycles. The van der Waals surface area contributed by atoms with Gasteiger partial charge in [-0.25, -0.2) is 4.79 Å². The van der Waals surface area contributed by atoms with Crippen LogP contribution in [0.2, 0.25) is 0 Å². The van der Waals surface area contributed by atoms with Crippen LogP contribution in [0.5, 0.6) is 0 Å². The number of carboxylic acids is 1. The molecule has 1 N–H and O–H groups in total. The summed E-state index contributed by atoms with van der Waals surface area (Å²) < 4.78 is 10.1. The minimum absolute atomic E-state index is 0.131. The molecule has 0 aromatic carbocycles. The van der Waals surface area contributed by atoms with Crippen molar-refractivity contribution in [1.29, 1.82) is 0 Å². The fourth-order valence-corrected chi connectivity index (χ4v) is 2.19. The SMILES string of the molecule is COCCN(C(=O)N(CC(=O)O)CC1CC1)C(C)COC. The summed E-state index contributed by atoms with van der Waals surface area (Å²) in [5.41, 5.74) is 0. The first-order valence-corrected chi connectivity index (χ1v) is 7.24. The van der Waals surface area contributed by atoms with E-state index in [0.29, 0.717) is 32.2 Å². The molecular formula is C14H26N2O5. The summed E-state index contributed by atoms with van der Waals surface area (Å²) >= 11 is 0. The summed E-state index contributed by atoms with van der Waals surface area (Å²) in [5, 5.41) is 9.00. The summed E-state index contributed by atoms with van der Waals surface area (Å²) in [6.45, 7) is 3.35. The molecule has 0 bridgehead atoms. The molecule has 0 heterocycles. The number of aliphatic carboxylic acids is 1. The van der Waals surface area contributed by atoms with Crippen molar-refractivity contribution in [3.63, 3.8) is 0 Å². The highest BCUT2D eigenvalue weighted by molar-refractivity contribution is 5.80. The van der Waals surface area contributed by atoms with Gasteiger partial charge in [0.1, 0.15) is 6.54 Å². The number of carboxylic acid groups (broad SMARTS) is 1. The van der Waals surface area contributed by atoms with Gasteiger partial charge in [-0.15, -0.1) is 0 Å². The number of hydrogen-bond donors (Lipinski definition) is 1. The highest BCUT2D eigenvalue weighted by Gasteiger charge is 2.31. The standard InChI is InChI=1S/C14H26N2O5/c1-11(10-21-3)16(6-7-20-2)14(19)15(9-13(17)18)8-12-4-5-12/h11-12H,4-10H2,1-3H3,(H,17,18). The highest BCUT2D eigenvalue weighted by atomic mass is 16.5. The monoisotopic (exact) mass is 302 g/mol. The quantitative estimate of drug-likeness (QED) is 0.648. The average molecular weight is 302 g/mol. The lowest BCUT2D eigenvalue weighted by molar-refractivity contribution is -0.137. The number of amides is 2. The van der Waals surface area contributed by atoms with Crippen LogP contribution in [0, 0.1) is 5.92 Å². The highest BCUT2D eigenvalue weighted by Crippen LogP contribution is 2.30. The average Bonchev–Trinajstić information content (AvgIpc) is 3.22. The first kappa shape index (κ1) is 17.7. The molecule has 0 spiro atoms. The number of nitrogens with zero attached hydrogens (tertiary/aromatic N) is 2. The van der Waals surface area contributed by atoms with E-state index in [2.05, 4.69) is 0 Å². The lowest BCUT2D eigenvalue weighted by Gasteiger charge is -2.33. The molecule has 7 heteroatoms. The number of carbonyl (C=O) groups excluding carboxylic acids is 1. The third-order valence-corrected chi connectivity index (χ3v) is 3.49. The van der Waals surface area contributed by atoms with E-state index in [4.69, 9.17) is 14.6 Å². The van der Waals surface area contributed by atoms with Crippen molar-refractivity contribution in [1.82, 2.24) is 9.80 Å². The number of rotatable bonds is 10. The fourth-order valence-electron chi connectivity index (χ4n) is 2.19. The summed E-state index contributed by atoms with van der Waals surface area (Å²) in [7, 11) is 3.15. The third-order valence-electron chi connectivity index (χ3n) is 3.49. The van der Waals surface area contributed by atoms with E-state index in [1.165, 1.54) is 4.90 Å². The second-order valence-electron chi connectivity index (χ2n) is 5.49. The summed E-state index contributed by atoms with van der Waals surface area (Å²) in [5.74, 6) is -0.551. The second kappa shape index (κ2) is 8.84. The van der Waals surface area contributed by atoms with Crippen LogP contribution < -0.4 is 0 Å². The van der Waals surface area contributed by atoms with Crippen LogP contribution in [0.25, 0.3) is 0 Å². The second-order valence-corrected chi connectivity index (χ2v) is 5.49. The smallest absolute Gasteiger partial charge is 0.323 e. The maximum atomic E-state index is 12.6. The van der Waals surface area contributed by atoms with Crippen LogP contribution in [0.3, 0.4) is 0 Å². The Balaban J connectivity index is 2.73. The van der Waals surface area contributed by atoms with E-state index in [9.17, 15) is 9.59 Å². The maximum absolute atomic E-state index is 12.6. The molecule has 21 heavy (non-hydrogen) atoms. The van der Waals surface area contributed by atoms with Crippen LogP contribution in [-0.2, 0) is 14.3 Å². The molecule has 0 aromatic heterocycles. The van der Waals surface area contributed by atoms with Crippen molar-refractivity contribution in [3.05, 3.63) is 0 Å². The Morgan fingerprint density at radius 3 is 2.43 bits per heavy atom. The summed E-state index contributed by atoms with van der Waals surface area (Å²) in [6.07, 6.45) is 2.13. The minimum Gasteiger partial charge on any atom is -0.480 e. The van der Waals surface area contributed by atoms with Crippen LogP contribution in [0.4, 0.5) is 4.79 Å². The molecule has 1 aliphatic rings. The van der Waals surface area contributed by atoms with Gasteiger partial charge in [-0.05, 0) is 25.7 Å². The Hall–Kier alpha value is -1.34. The fraction of sp³-hybridized carbons (Fsp3) is 0.857. The number of carbonyl (C=O) groups is 2. The molecule has 0 radical (unpaired) electrons. The van der Waals surface area contributed by atoms with Gasteiger partial charge in [0, 0.05) is 27.3 Å². The molecule has 1 saturated carbocycles. The third kappa shape index (κ3) is 6.31. The van der Waals surface area contributed by atoms with Crippen molar-refractivity contribution in [2.75, 3.05) is 47.1 Å². The van der Waals surface area contributed by atoms with E-state index < -0.39 is 5.97 Å². The zero-order valence-corrected chi connectivity index (χ0v) is 13.1. The van der Waals surface area contributed by atoms with Crippen molar-refractivity contribution in [2.45, 2.75) is 25.8 Å². The lowest BCUT2D eigenvalue weighted by atomic mass is 10.3. The molecule has 1 unspecified atom stereocenters.